The molecule has 0 unspecified atom stereocenters. The third kappa shape index (κ3) is 1.48. The summed E-state index contributed by atoms with van der Waals surface area (Å²) in [5.74, 6) is 0.872. The lowest BCUT2D eigenvalue weighted by molar-refractivity contribution is -0.0361. The number of unbranched alkanes of at least 4 members (excludes halogenated alkanes) is 1. The Morgan fingerprint density at radius 2 is 2.25 bits per heavy atom. The fourth-order valence-corrected chi connectivity index (χ4v) is 0.884. The van der Waals surface area contributed by atoms with Gasteiger partial charge in [0.2, 0.25) is 0 Å². The van der Waals surface area contributed by atoms with Crippen molar-refractivity contribution in [3.8, 4) is 0 Å². The Kier molecular flexibility index (Phi) is 2.34. The topological polar surface area (TPSA) is 9.23 Å². The van der Waals surface area contributed by atoms with Crippen LogP contribution in [0.5, 0.6) is 0 Å². The maximum absolute atomic E-state index is 5.01. The molecule has 47 valence electrons. The maximum atomic E-state index is 5.01. The molecule has 0 aromatic carbocycles. The number of hydrogen-bond donors (Lipinski definition) is 0. The molecule has 0 aromatic heterocycles. The van der Waals surface area contributed by atoms with Gasteiger partial charge in [-0.1, -0.05) is 19.8 Å². The third-order valence-corrected chi connectivity index (χ3v) is 1.57. The van der Waals surface area contributed by atoms with E-state index in [2.05, 4.69) is 6.92 Å². The molecule has 0 aliphatic carbocycles. The van der Waals surface area contributed by atoms with E-state index in [4.69, 9.17) is 4.74 Å². The molecule has 0 N–H and O–H groups in total. The minimum atomic E-state index is 0.872. The molecule has 0 atom stereocenters. The average Bonchev–Trinajstić information content (AvgIpc) is 1.63. The highest BCUT2D eigenvalue weighted by molar-refractivity contribution is 4.64. The lowest BCUT2D eigenvalue weighted by Gasteiger charge is -2.25. The van der Waals surface area contributed by atoms with E-state index < -0.39 is 0 Å². The van der Waals surface area contributed by atoms with Crippen molar-refractivity contribution in [1.82, 2.24) is 0 Å². The first-order valence-corrected chi connectivity index (χ1v) is 3.30. The highest BCUT2D eigenvalue weighted by Crippen LogP contribution is 2.16. The maximum Gasteiger partial charge on any atom is 0.0516 e. The van der Waals surface area contributed by atoms with Crippen LogP contribution in [0.3, 0.4) is 0 Å². The van der Waals surface area contributed by atoms with Crippen LogP contribution in [-0.2, 0) is 4.74 Å². The highest BCUT2D eigenvalue weighted by atomic mass is 16.5. The Bertz CT molecular complexity index is 57.4. The van der Waals surface area contributed by atoms with Gasteiger partial charge in [0.15, 0.2) is 0 Å². The van der Waals surface area contributed by atoms with Gasteiger partial charge >= 0.3 is 0 Å². The molecule has 0 saturated carbocycles. The Labute approximate surface area is 51.0 Å². The van der Waals surface area contributed by atoms with E-state index in [1.807, 2.05) is 0 Å². The molecule has 1 fully saturated rings. The van der Waals surface area contributed by atoms with Gasteiger partial charge in [-0.3, -0.25) is 0 Å². The summed E-state index contributed by atoms with van der Waals surface area (Å²) < 4.78 is 5.01. The van der Waals surface area contributed by atoms with Crippen LogP contribution in [0, 0.1) is 12.8 Å². The molecule has 1 nitrogen and oxygen atoms in total. The van der Waals surface area contributed by atoms with Gasteiger partial charge < -0.3 is 4.74 Å². The first kappa shape index (κ1) is 6.09. The molecule has 1 aliphatic rings. The Morgan fingerprint density at radius 1 is 1.50 bits per heavy atom. The molecule has 1 heterocycles. The van der Waals surface area contributed by atoms with Crippen molar-refractivity contribution in [2.75, 3.05) is 13.2 Å². The molecule has 0 amide bonds. The van der Waals surface area contributed by atoms with Crippen molar-refractivity contribution in [2.24, 2.45) is 5.92 Å². The van der Waals surface area contributed by atoms with Crippen LogP contribution < -0.4 is 0 Å². The summed E-state index contributed by atoms with van der Waals surface area (Å²) in [7, 11) is 0. The van der Waals surface area contributed by atoms with Gasteiger partial charge in [0, 0.05) is 5.92 Å². The summed E-state index contributed by atoms with van der Waals surface area (Å²) in [5.41, 5.74) is 0. The minimum absolute atomic E-state index is 0.872. The van der Waals surface area contributed by atoms with Gasteiger partial charge in [0.25, 0.3) is 0 Å². The van der Waals surface area contributed by atoms with Crippen LogP contribution in [-0.4, -0.2) is 13.2 Å². The van der Waals surface area contributed by atoms with Crippen LogP contribution in [0.2, 0.25) is 0 Å². The second-order valence-corrected chi connectivity index (χ2v) is 2.40. The third-order valence-electron chi connectivity index (χ3n) is 1.57. The molecule has 0 spiro atoms. The van der Waals surface area contributed by atoms with E-state index in [1.165, 1.54) is 12.8 Å². The molecule has 1 rings (SSSR count). The number of hydrogen-bond acceptors (Lipinski definition) is 1. The standard InChI is InChI=1S/C7H13O/c1-2-3-4-7-5-8-6-7/h7H,1-6H2. The van der Waals surface area contributed by atoms with Crippen molar-refractivity contribution in [1.29, 1.82) is 0 Å². The molecule has 1 aliphatic heterocycles. The molecule has 1 radical (unpaired) electrons. The molecule has 0 bridgehead atoms. The Morgan fingerprint density at radius 3 is 2.62 bits per heavy atom. The molecular formula is C7H13O. The zero-order valence-electron chi connectivity index (χ0n) is 5.23. The normalized spacial score (nSPS) is 20.6. The smallest absolute Gasteiger partial charge is 0.0516 e. The zero-order chi connectivity index (χ0) is 5.82. The SMILES string of the molecule is [CH2]CCCC1COC1. The van der Waals surface area contributed by atoms with Crippen molar-refractivity contribution >= 4 is 0 Å². The van der Waals surface area contributed by atoms with E-state index in [-0.39, 0.29) is 0 Å². The van der Waals surface area contributed by atoms with E-state index in [0.717, 1.165) is 25.6 Å². The first-order valence-electron chi connectivity index (χ1n) is 3.30. The van der Waals surface area contributed by atoms with Crippen molar-refractivity contribution in [2.45, 2.75) is 19.3 Å². The average molecular weight is 113 g/mol. The van der Waals surface area contributed by atoms with E-state index >= 15 is 0 Å². The van der Waals surface area contributed by atoms with Crippen molar-refractivity contribution in [3.63, 3.8) is 0 Å². The lowest BCUT2D eigenvalue weighted by atomic mass is 10.0. The van der Waals surface area contributed by atoms with E-state index in [1.54, 1.807) is 0 Å². The van der Waals surface area contributed by atoms with Gasteiger partial charge in [-0.25, -0.2) is 0 Å². The molecular weight excluding hydrogens is 100 g/mol. The van der Waals surface area contributed by atoms with Gasteiger partial charge in [0.1, 0.15) is 0 Å². The minimum Gasteiger partial charge on any atom is -0.381 e. The molecule has 1 heteroatoms. The summed E-state index contributed by atoms with van der Waals surface area (Å²) >= 11 is 0. The summed E-state index contributed by atoms with van der Waals surface area (Å²) in [4.78, 5) is 0. The van der Waals surface area contributed by atoms with Crippen LogP contribution in [0.1, 0.15) is 19.3 Å². The monoisotopic (exact) mass is 113 g/mol. The second kappa shape index (κ2) is 3.08. The van der Waals surface area contributed by atoms with Gasteiger partial charge in [-0.15, -0.1) is 0 Å². The van der Waals surface area contributed by atoms with Crippen LogP contribution in [0.25, 0.3) is 0 Å². The summed E-state index contributed by atoms with van der Waals surface area (Å²) in [5, 5.41) is 0. The van der Waals surface area contributed by atoms with Gasteiger partial charge in [-0.2, -0.15) is 0 Å². The van der Waals surface area contributed by atoms with Crippen LogP contribution >= 0.6 is 0 Å². The molecule has 1 saturated heterocycles. The second-order valence-electron chi connectivity index (χ2n) is 2.40. The molecule has 8 heavy (non-hydrogen) atoms. The predicted molar refractivity (Wildman–Crippen MR) is 33.5 cm³/mol. The highest BCUT2D eigenvalue weighted by Gasteiger charge is 2.16. The van der Waals surface area contributed by atoms with Crippen LogP contribution in [0.15, 0.2) is 0 Å². The summed E-state index contributed by atoms with van der Waals surface area (Å²) in [6.45, 7) is 5.78. The lowest BCUT2D eigenvalue weighted by Crippen LogP contribution is -2.26. The van der Waals surface area contributed by atoms with Crippen molar-refractivity contribution in [3.05, 3.63) is 6.92 Å². The zero-order valence-corrected chi connectivity index (χ0v) is 5.23. The Hall–Kier alpha value is -0.0400. The van der Waals surface area contributed by atoms with Crippen molar-refractivity contribution < 1.29 is 4.74 Å². The van der Waals surface area contributed by atoms with Crippen LogP contribution in [0.4, 0.5) is 0 Å². The largest absolute Gasteiger partial charge is 0.381 e. The van der Waals surface area contributed by atoms with Gasteiger partial charge in [0.05, 0.1) is 13.2 Å². The van der Waals surface area contributed by atoms with E-state index in [0.29, 0.717) is 0 Å². The Balaban J connectivity index is 1.86. The van der Waals surface area contributed by atoms with Gasteiger partial charge in [-0.05, 0) is 6.42 Å². The molecule has 0 aromatic rings. The number of rotatable bonds is 3. The fraction of sp³-hybridized carbons (Fsp3) is 0.857. The predicted octanol–water partition coefficient (Wildman–Crippen LogP) is 1.64. The van der Waals surface area contributed by atoms with E-state index in [9.17, 15) is 0 Å². The number of ether oxygens (including phenoxy) is 1. The summed E-state index contributed by atoms with van der Waals surface area (Å²) in [6.07, 6.45) is 3.67. The summed E-state index contributed by atoms with van der Waals surface area (Å²) in [6, 6.07) is 0. The fourth-order valence-electron chi connectivity index (χ4n) is 0.884. The quantitative estimate of drug-likeness (QED) is 0.540. The first-order chi connectivity index (χ1) is 3.93.